The SMILES string of the molecule is CC(C)CN=C(N)Nc1c(F)cccc1Cl. The summed E-state index contributed by atoms with van der Waals surface area (Å²) in [7, 11) is 0. The number of guanidine groups is 1. The standard InChI is InChI=1S/C11H15ClFN3/c1-7(2)6-15-11(14)16-10-8(12)4-3-5-9(10)13/h3-5,7H,6H2,1-2H3,(H3,14,15,16). The van der Waals surface area contributed by atoms with E-state index in [9.17, 15) is 4.39 Å². The number of nitrogens with one attached hydrogen (secondary N) is 1. The van der Waals surface area contributed by atoms with Crippen LogP contribution in [0.4, 0.5) is 10.1 Å². The molecule has 0 radical (unpaired) electrons. The average Bonchev–Trinajstić information content (AvgIpc) is 2.21. The highest BCUT2D eigenvalue weighted by molar-refractivity contribution is 6.33. The molecule has 0 saturated heterocycles. The van der Waals surface area contributed by atoms with Crippen LogP contribution in [0.15, 0.2) is 23.2 Å². The summed E-state index contributed by atoms with van der Waals surface area (Å²) in [5.74, 6) is 0.118. The van der Waals surface area contributed by atoms with Gasteiger partial charge in [0.1, 0.15) is 5.82 Å². The van der Waals surface area contributed by atoms with Crippen molar-refractivity contribution in [1.29, 1.82) is 0 Å². The van der Waals surface area contributed by atoms with Gasteiger partial charge in [-0.2, -0.15) is 0 Å². The predicted octanol–water partition coefficient (Wildman–Crippen LogP) is 2.86. The zero-order valence-electron chi connectivity index (χ0n) is 9.30. The Kier molecular flexibility index (Phi) is 4.55. The molecule has 0 spiro atoms. The van der Waals surface area contributed by atoms with Gasteiger partial charge in [-0.1, -0.05) is 31.5 Å². The lowest BCUT2D eigenvalue weighted by Gasteiger charge is -2.09. The Labute approximate surface area is 99.5 Å². The highest BCUT2D eigenvalue weighted by atomic mass is 35.5. The third-order valence-electron chi connectivity index (χ3n) is 1.84. The second-order valence-electron chi connectivity index (χ2n) is 3.84. The Balaban J connectivity index is 2.76. The largest absolute Gasteiger partial charge is 0.370 e. The molecule has 0 aromatic heterocycles. The molecule has 5 heteroatoms. The summed E-state index contributed by atoms with van der Waals surface area (Å²) in [6.07, 6.45) is 0. The number of nitrogens with two attached hydrogens (primary N) is 1. The number of halogens is 2. The molecule has 0 aliphatic rings. The lowest BCUT2D eigenvalue weighted by molar-refractivity contribution is 0.632. The molecular weight excluding hydrogens is 229 g/mol. The predicted molar refractivity (Wildman–Crippen MR) is 66.4 cm³/mol. The molecular formula is C11H15ClFN3. The number of para-hydroxylation sites is 1. The van der Waals surface area contributed by atoms with Crippen molar-refractivity contribution in [3.8, 4) is 0 Å². The van der Waals surface area contributed by atoms with E-state index in [2.05, 4.69) is 10.3 Å². The van der Waals surface area contributed by atoms with Crippen LogP contribution in [0.2, 0.25) is 5.02 Å². The Morgan fingerprint density at radius 1 is 1.56 bits per heavy atom. The first kappa shape index (κ1) is 12.8. The molecule has 0 unspecified atom stereocenters. The molecule has 88 valence electrons. The van der Waals surface area contributed by atoms with Gasteiger partial charge in [0.2, 0.25) is 0 Å². The van der Waals surface area contributed by atoms with E-state index in [0.29, 0.717) is 12.5 Å². The van der Waals surface area contributed by atoms with Crippen LogP contribution in [-0.4, -0.2) is 12.5 Å². The van der Waals surface area contributed by atoms with Crippen LogP contribution in [0.1, 0.15) is 13.8 Å². The number of nitrogens with zero attached hydrogens (tertiary/aromatic N) is 1. The molecule has 0 atom stereocenters. The first-order valence-corrected chi connectivity index (χ1v) is 5.39. The van der Waals surface area contributed by atoms with Crippen molar-refractivity contribution in [3.05, 3.63) is 29.0 Å². The molecule has 1 aromatic carbocycles. The normalized spacial score (nSPS) is 11.9. The minimum absolute atomic E-state index is 0.161. The van der Waals surface area contributed by atoms with E-state index in [4.69, 9.17) is 17.3 Å². The molecule has 16 heavy (non-hydrogen) atoms. The maximum absolute atomic E-state index is 13.4. The summed E-state index contributed by atoms with van der Waals surface area (Å²) in [4.78, 5) is 4.06. The monoisotopic (exact) mass is 243 g/mol. The summed E-state index contributed by atoms with van der Waals surface area (Å²) in [5, 5.41) is 2.93. The zero-order valence-corrected chi connectivity index (χ0v) is 10.1. The summed E-state index contributed by atoms with van der Waals surface area (Å²) in [5.41, 5.74) is 5.77. The van der Waals surface area contributed by atoms with Crippen LogP contribution in [0, 0.1) is 11.7 Å². The molecule has 0 heterocycles. The Morgan fingerprint density at radius 2 is 2.25 bits per heavy atom. The fourth-order valence-electron chi connectivity index (χ4n) is 1.07. The van der Waals surface area contributed by atoms with E-state index < -0.39 is 5.82 Å². The van der Waals surface area contributed by atoms with Gasteiger partial charge in [-0.05, 0) is 18.1 Å². The summed E-state index contributed by atoms with van der Waals surface area (Å²) < 4.78 is 13.4. The number of rotatable bonds is 3. The van der Waals surface area contributed by atoms with Crippen LogP contribution in [-0.2, 0) is 0 Å². The van der Waals surface area contributed by atoms with E-state index in [0.717, 1.165) is 0 Å². The molecule has 0 fully saturated rings. The van der Waals surface area contributed by atoms with Crippen molar-refractivity contribution in [2.24, 2.45) is 16.6 Å². The molecule has 0 bridgehead atoms. The summed E-state index contributed by atoms with van der Waals surface area (Å²) in [6.45, 7) is 4.63. The number of anilines is 1. The second-order valence-corrected chi connectivity index (χ2v) is 4.25. The van der Waals surface area contributed by atoms with Gasteiger partial charge >= 0.3 is 0 Å². The fourth-order valence-corrected chi connectivity index (χ4v) is 1.28. The molecule has 3 N–H and O–H groups in total. The fraction of sp³-hybridized carbons (Fsp3) is 0.364. The van der Waals surface area contributed by atoms with Gasteiger partial charge in [0.15, 0.2) is 5.96 Å². The van der Waals surface area contributed by atoms with Gasteiger partial charge in [-0.25, -0.2) is 4.39 Å². The van der Waals surface area contributed by atoms with Gasteiger partial charge in [0, 0.05) is 6.54 Å². The van der Waals surface area contributed by atoms with Gasteiger partial charge in [0.05, 0.1) is 10.7 Å². The number of hydrogen-bond donors (Lipinski definition) is 2. The molecule has 3 nitrogen and oxygen atoms in total. The number of hydrogen-bond acceptors (Lipinski definition) is 1. The maximum Gasteiger partial charge on any atom is 0.193 e. The topological polar surface area (TPSA) is 50.4 Å². The second kappa shape index (κ2) is 5.70. The quantitative estimate of drug-likeness (QED) is 0.634. The summed E-state index contributed by atoms with van der Waals surface area (Å²) >= 11 is 5.82. The zero-order chi connectivity index (χ0) is 12.1. The molecule has 0 aliphatic carbocycles. The van der Waals surface area contributed by atoms with E-state index in [-0.39, 0.29) is 16.7 Å². The van der Waals surface area contributed by atoms with Crippen LogP contribution < -0.4 is 11.1 Å². The highest BCUT2D eigenvalue weighted by Gasteiger charge is 2.07. The Hall–Kier alpha value is -1.29. The Bertz CT molecular complexity index is 371. The molecule has 0 aliphatic heterocycles. The van der Waals surface area contributed by atoms with E-state index in [1.165, 1.54) is 12.1 Å². The molecule has 1 rings (SSSR count). The van der Waals surface area contributed by atoms with E-state index in [1.54, 1.807) is 6.07 Å². The highest BCUT2D eigenvalue weighted by Crippen LogP contribution is 2.24. The average molecular weight is 244 g/mol. The summed E-state index contributed by atoms with van der Waals surface area (Å²) in [6, 6.07) is 4.43. The van der Waals surface area contributed by atoms with Gasteiger partial charge in [-0.3, -0.25) is 4.99 Å². The van der Waals surface area contributed by atoms with Crippen molar-refractivity contribution < 1.29 is 4.39 Å². The third-order valence-corrected chi connectivity index (χ3v) is 2.16. The van der Waals surface area contributed by atoms with Gasteiger partial charge in [0.25, 0.3) is 0 Å². The van der Waals surface area contributed by atoms with Crippen LogP contribution in [0.5, 0.6) is 0 Å². The van der Waals surface area contributed by atoms with Crippen molar-refractivity contribution >= 4 is 23.2 Å². The van der Waals surface area contributed by atoms with Crippen molar-refractivity contribution in [3.63, 3.8) is 0 Å². The lowest BCUT2D eigenvalue weighted by atomic mass is 10.2. The maximum atomic E-state index is 13.4. The van der Waals surface area contributed by atoms with Gasteiger partial charge in [-0.15, -0.1) is 0 Å². The van der Waals surface area contributed by atoms with Crippen LogP contribution in [0.3, 0.4) is 0 Å². The lowest BCUT2D eigenvalue weighted by Crippen LogP contribution is -2.24. The first-order chi connectivity index (χ1) is 7.50. The number of aliphatic imine (C=N–C) groups is 1. The van der Waals surface area contributed by atoms with Crippen molar-refractivity contribution in [2.75, 3.05) is 11.9 Å². The third kappa shape index (κ3) is 3.70. The molecule has 0 saturated carbocycles. The minimum Gasteiger partial charge on any atom is -0.370 e. The van der Waals surface area contributed by atoms with Crippen LogP contribution in [0.25, 0.3) is 0 Å². The Morgan fingerprint density at radius 3 is 2.81 bits per heavy atom. The van der Waals surface area contributed by atoms with E-state index in [1.807, 2.05) is 13.8 Å². The van der Waals surface area contributed by atoms with Crippen LogP contribution >= 0.6 is 11.6 Å². The smallest absolute Gasteiger partial charge is 0.193 e. The minimum atomic E-state index is -0.449. The first-order valence-electron chi connectivity index (χ1n) is 5.01. The van der Waals surface area contributed by atoms with E-state index >= 15 is 0 Å². The molecule has 1 aromatic rings. The molecule has 0 amide bonds. The van der Waals surface area contributed by atoms with Gasteiger partial charge < -0.3 is 11.1 Å². The number of benzene rings is 1. The van der Waals surface area contributed by atoms with Crippen molar-refractivity contribution in [2.45, 2.75) is 13.8 Å². The van der Waals surface area contributed by atoms with Crippen molar-refractivity contribution in [1.82, 2.24) is 0 Å².